The lowest BCUT2D eigenvalue weighted by atomic mass is 10.0. The molecule has 0 radical (unpaired) electrons. The van der Waals surface area contributed by atoms with Crippen molar-refractivity contribution in [1.29, 1.82) is 0 Å². The second kappa shape index (κ2) is 4.24. The highest BCUT2D eigenvalue weighted by Crippen LogP contribution is 2.36. The molecule has 0 bridgehead atoms. The van der Waals surface area contributed by atoms with Crippen LogP contribution in [-0.2, 0) is 0 Å². The van der Waals surface area contributed by atoms with Crippen molar-refractivity contribution in [2.24, 2.45) is 0 Å². The molecule has 0 aliphatic rings. The molecule has 0 saturated carbocycles. The molecule has 0 aliphatic heterocycles. The Morgan fingerprint density at radius 3 is 2.31 bits per heavy atom. The van der Waals surface area contributed by atoms with Gasteiger partial charge in [-0.1, -0.05) is 41.4 Å². The summed E-state index contributed by atoms with van der Waals surface area (Å²) < 4.78 is 0. The molecule has 2 aromatic rings. The number of halogens is 2. The average Bonchev–Trinajstić information content (AvgIpc) is 2.23. The lowest BCUT2D eigenvalue weighted by molar-refractivity contribution is 1.60. The Bertz CT molecular complexity index is 539. The first kappa shape index (κ1) is 11.1. The summed E-state index contributed by atoms with van der Waals surface area (Å²) in [4.78, 5) is 0. The van der Waals surface area contributed by atoms with Crippen molar-refractivity contribution >= 4 is 34.6 Å². The Balaban J connectivity index is 2.63. The van der Waals surface area contributed by atoms with E-state index in [1.165, 1.54) is 0 Å². The maximum Gasteiger partial charge on any atom is 0.0714 e. The molecule has 0 aromatic heterocycles. The first-order valence-electron chi connectivity index (χ1n) is 4.69. The molecule has 2 nitrogen and oxygen atoms in total. The molecule has 16 heavy (non-hydrogen) atoms. The minimum Gasteiger partial charge on any atom is -0.399 e. The van der Waals surface area contributed by atoms with E-state index in [0.717, 1.165) is 11.1 Å². The number of nitrogen functional groups attached to an aromatic ring is 2. The quantitative estimate of drug-likeness (QED) is 0.759. The van der Waals surface area contributed by atoms with Gasteiger partial charge >= 0.3 is 0 Å². The van der Waals surface area contributed by atoms with Crippen molar-refractivity contribution in [3.05, 3.63) is 46.4 Å². The van der Waals surface area contributed by atoms with Gasteiger partial charge in [0.05, 0.1) is 15.7 Å². The largest absolute Gasteiger partial charge is 0.399 e. The lowest BCUT2D eigenvalue weighted by Gasteiger charge is -2.09. The molecular weight excluding hydrogens is 243 g/mol. The number of hydrogen-bond donors (Lipinski definition) is 2. The van der Waals surface area contributed by atoms with E-state index in [2.05, 4.69) is 0 Å². The van der Waals surface area contributed by atoms with Crippen molar-refractivity contribution in [3.8, 4) is 11.1 Å². The SMILES string of the molecule is Nc1ccc(-c2cccc(N)c2Cl)c(Cl)c1. The average molecular weight is 253 g/mol. The van der Waals surface area contributed by atoms with Crippen LogP contribution in [0.15, 0.2) is 36.4 Å². The third kappa shape index (κ3) is 1.94. The van der Waals surface area contributed by atoms with Crippen molar-refractivity contribution in [2.75, 3.05) is 11.5 Å². The van der Waals surface area contributed by atoms with Crippen LogP contribution in [0.5, 0.6) is 0 Å². The third-order valence-corrected chi connectivity index (χ3v) is 3.05. The van der Waals surface area contributed by atoms with Gasteiger partial charge in [-0.25, -0.2) is 0 Å². The highest BCUT2D eigenvalue weighted by molar-refractivity contribution is 6.38. The highest BCUT2D eigenvalue weighted by Gasteiger charge is 2.09. The molecule has 0 spiro atoms. The molecule has 0 unspecified atom stereocenters. The Morgan fingerprint density at radius 1 is 0.875 bits per heavy atom. The van der Waals surface area contributed by atoms with Gasteiger partial charge in [-0.15, -0.1) is 0 Å². The summed E-state index contributed by atoms with van der Waals surface area (Å²) in [6.45, 7) is 0. The van der Waals surface area contributed by atoms with E-state index in [1.54, 1.807) is 18.2 Å². The summed E-state index contributed by atoms with van der Waals surface area (Å²) in [5.74, 6) is 0. The molecule has 0 amide bonds. The first-order valence-corrected chi connectivity index (χ1v) is 5.44. The summed E-state index contributed by atoms with van der Waals surface area (Å²) in [5, 5.41) is 1.07. The Kier molecular flexibility index (Phi) is 2.95. The van der Waals surface area contributed by atoms with Crippen LogP contribution in [0, 0.1) is 0 Å². The Labute approximate surface area is 104 Å². The van der Waals surface area contributed by atoms with E-state index in [9.17, 15) is 0 Å². The van der Waals surface area contributed by atoms with Crippen molar-refractivity contribution in [2.45, 2.75) is 0 Å². The first-order chi connectivity index (χ1) is 7.59. The van der Waals surface area contributed by atoms with Crippen LogP contribution in [0.2, 0.25) is 10.0 Å². The van der Waals surface area contributed by atoms with Gasteiger partial charge in [0, 0.05) is 16.8 Å². The maximum atomic E-state index is 6.12. The van der Waals surface area contributed by atoms with E-state index in [4.69, 9.17) is 34.7 Å². The van der Waals surface area contributed by atoms with Crippen LogP contribution in [0.4, 0.5) is 11.4 Å². The molecule has 82 valence electrons. The van der Waals surface area contributed by atoms with Crippen LogP contribution in [0.1, 0.15) is 0 Å². The second-order valence-corrected chi connectivity index (χ2v) is 4.23. The molecular formula is C12H10Cl2N2. The molecule has 0 atom stereocenters. The van der Waals surface area contributed by atoms with Crippen molar-refractivity contribution in [1.82, 2.24) is 0 Å². The zero-order valence-corrected chi connectivity index (χ0v) is 9.89. The fourth-order valence-electron chi connectivity index (χ4n) is 1.51. The second-order valence-electron chi connectivity index (χ2n) is 3.45. The van der Waals surface area contributed by atoms with E-state index in [1.807, 2.05) is 18.2 Å². The summed E-state index contributed by atoms with van der Waals surface area (Å²) in [5.41, 5.74) is 14.2. The smallest absolute Gasteiger partial charge is 0.0714 e. The molecule has 2 aromatic carbocycles. The van der Waals surface area contributed by atoms with Crippen molar-refractivity contribution < 1.29 is 0 Å². The minimum atomic E-state index is 0.508. The van der Waals surface area contributed by atoms with E-state index in [-0.39, 0.29) is 0 Å². The van der Waals surface area contributed by atoms with Gasteiger partial charge in [-0.05, 0) is 18.2 Å². The Morgan fingerprint density at radius 2 is 1.62 bits per heavy atom. The van der Waals surface area contributed by atoms with Gasteiger partial charge in [-0.3, -0.25) is 0 Å². The van der Waals surface area contributed by atoms with Crippen LogP contribution >= 0.6 is 23.2 Å². The van der Waals surface area contributed by atoms with Gasteiger partial charge in [0.1, 0.15) is 0 Å². The number of rotatable bonds is 1. The fourth-order valence-corrected chi connectivity index (χ4v) is 2.03. The van der Waals surface area contributed by atoms with Gasteiger partial charge in [-0.2, -0.15) is 0 Å². The fraction of sp³-hybridized carbons (Fsp3) is 0. The van der Waals surface area contributed by atoms with E-state index >= 15 is 0 Å². The van der Waals surface area contributed by atoms with Crippen LogP contribution in [-0.4, -0.2) is 0 Å². The topological polar surface area (TPSA) is 52.0 Å². The standard InChI is InChI=1S/C12H10Cl2N2/c13-10-6-7(15)4-5-8(10)9-2-1-3-11(16)12(9)14/h1-6H,15-16H2. The van der Waals surface area contributed by atoms with Gasteiger partial charge in [0.15, 0.2) is 0 Å². The minimum absolute atomic E-state index is 0.508. The molecule has 0 heterocycles. The normalized spacial score (nSPS) is 10.4. The van der Waals surface area contributed by atoms with Crippen LogP contribution in [0.3, 0.4) is 0 Å². The summed E-state index contributed by atoms with van der Waals surface area (Å²) in [6, 6.07) is 10.8. The van der Waals surface area contributed by atoms with Gasteiger partial charge in [0.25, 0.3) is 0 Å². The molecule has 0 aliphatic carbocycles. The zero-order chi connectivity index (χ0) is 11.7. The van der Waals surface area contributed by atoms with Crippen molar-refractivity contribution in [3.63, 3.8) is 0 Å². The number of benzene rings is 2. The summed E-state index contributed by atoms with van der Waals surface area (Å²) in [7, 11) is 0. The van der Waals surface area contributed by atoms with Crippen LogP contribution < -0.4 is 11.5 Å². The van der Waals surface area contributed by atoms with Gasteiger partial charge in [0.2, 0.25) is 0 Å². The molecule has 0 fully saturated rings. The third-order valence-electron chi connectivity index (χ3n) is 2.31. The predicted octanol–water partition coefficient (Wildman–Crippen LogP) is 3.82. The van der Waals surface area contributed by atoms with E-state index < -0.39 is 0 Å². The summed E-state index contributed by atoms with van der Waals surface area (Å²) >= 11 is 12.2. The number of hydrogen-bond acceptors (Lipinski definition) is 2. The summed E-state index contributed by atoms with van der Waals surface area (Å²) in [6.07, 6.45) is 0. The number of anilines is 2. The number of nitrogens with two attached hydrogens (primary N) is 2. The maximum absolute atomic E-state index is 6.12. The lowest BCUT2D eigenvalue weighted by Crippen LogP contribution is -1.90. The molecule has 4 N–H and O–H groups in total. The van der Waals surface area contributed by atoms with Gasteiger partial charge < -0.3 is 11.5 Å². The molecule has 0 saturated heterocycles. The monoisotopic (exact) mass is 252 g/mol. The van der Waals surface area contributed by atoms with E-state index in [0.29, 0.717) is 21.4 Å². The highest BCUT2D eigenvalue weighted by atomic mass is 35.5. The predicted molar refractivity (Wildman–Crippen MR) is 70.7 cm³/mol. The zero-order valence-electron chi connectivity index (χ0n) is 8.37. The molecule has 4 heteroatoms. The Hall–Kier alpha value is -1.38. The van der Waals surface area contributed by atoms with Crippen LogP contribution in [0.25, 0.3) is 11.1 Å². The molecule has 2 rings (SSSR count).